The second-order valence-corrected chi connectivity index (χ2v) is 6.12. The predicted octanol–water partition coefficient (Wildman–Crippen LogP) is 3.00. The van der Waals surface area contributed by atoms with Gasteiger partial charge in [0.1, 0.15) is 18.2 Å². The highest BCUT2D eigenvalue weighted by Gasteiger charge is 2.35. The van der Waals surface area contributed by atoms with Crippen molar-refractivity contribution in [3.8, 4) is 5.75 Å². The number of benzene rings is 2. The minimum absolute atomic E-state index is 0.0965. The van der Waals surface area contributed by atoms with Crippen molar-refractivity contribution in [1.82, 2.24) is 5.32 Å². The van der Waals surface area contributed by atoms with Crippen LogP contribution in [0, 0.1) is 11.7 Å². The smallest absolute Gasteiger partial charge is 0.306 e. The maximum atomic E-state index is 13.1. The predicted molar refractivity (Wildman–Crippen MR) is 88.8 cm³/mol. The van der Waals surface area contributed by atoms with Crippen molar-refractivity contribution >= 4 is 11.9 Å². The molecule has 1 saturated carbocycles. The molecule has 0 saturated heterocycles. The molecule has 2 N–H and O–H groups in total. The average Bonchev–Trinajstić information content (AvgIpc) is 2.55. The highest BCUT2D eigenvalue weighted by Crippen LogP contribution is 2.27. The number of nitrogens with one attached hydrogen (secondary N) is 1. The lowest BCUT2D eigenvalue weighted by molar-refractivity contribution is -0.145. The normalized spacial score (nSPS) is 18.9. The number of amides is 1. The van der Waals surface area contributed by atoms with Crippen LogP contribution in [0.5, 0.6) is 5.75 Å². The summed E-state index contributed by atoms with van der Waals surface area (Å²) < 4.78 is 18.7. The molecule has 5 nitrogen and oxygen atoms in total. The first-order chi connectivity index (χ1) is 12.0. The highest BCUT2D eigenvalue weighted by atomic mass is 19.1. The van der Waals surface area contributed by atoms with Crippen molar-refractivity contribution in [2.75, 3.05) is 0 Å². The molecule has 6 heteroatoms. The summed E-state index contributed by atoms with van der Waals surface area (Å²) in [6.45, 7) is 0.217. The van der Waals surface area contributed by atoms with Crippen LogP contribution in [0.2, 0.25) is 0 Å². The van der Waals surface area contributed by atoms with E-state index in [4.69, 9.17) is 9.84 Å². The second-order valence-electron chi connectivity index (χ2n) is 6.12. The number of carbonyl (C=O) groups excluding carboxylic acids is 1. The number of hydrogen-bond acceptors (Lipinski definition) is 3. The number of hydrogen-bond donors (Lipinski definition) is 2. The molecule has 25 heavy (non-hydrogen) atoms. The molecule has 0 heterocycles. The first-order valence-corrected chi connectivity index (χ1v) is 8.02. The molecular weight excluding hydrogens is 325 g/mol. The summed E-state index contributed by atoms with van der Waals surface area (Å²) in [5, 5.41) is 11.7. The van der Waals surface area contributed by atoms with E-state index in [1.165, 1.54) is 12.1 Å². The fourth-order valence-corrected chi connectivity index (χ4v) is 2.73. The Hall–Kier alpha value is -2.89. The molecule has 0 radical (unpaired) electrons. The lowest BCUT2D eigenvalue weighted by Gasteiger charge is -2.32. The minimum atomic E-state index is -0.818. The van der Waals surface area contributed by atoms with Gasteiger partial charge in [0.2, 0.25) is 0 Å². The quantitative estimate of drug-likeness (QED) is 0.845. The number of carboxylic acid groups (broad SMARTS) is 1. The lowest BCUT2D eigenvalue weighted by atomic mass is 9.80. The van der Waals surface area contributed by atoms with Gasteiger partial charge in [0.25, 0.3) is 5.91 Å². The van der Waals surface area contributed by atoms with Crippen molar-refractivity contribution < 1.29 is 23.8 Å². The topological polar surface area (TPSA) is 75.6 Å². The van der Waals surface area contributed by atoms with Gasteiger partial charge in [-0.15, -0.1) is 0 Å². The molecule has 0 spiro atoms. The first kappa shape index (κ1) is 17.0. The van der Waals surface area contributed by atoms with E-state index >= 15 is 0 Å². The van der Waals surface area contributed by atoms with Gasteiger partial charge >= 0.3 is 5.97 Å². The summed E-state index contributed by atoms with van der Waals surface area (Å²) in [7, 11) is 0. The Morgan fingerprint density at radius 3 is 2.64 bits per heavy atom. The van der Waals surface area contributed by atoms with E-state index in [-0.39, 0.29) is 30.3 Å². The molecular formula is C19H18FNO4. The molecule has 1 aliphatic carbocycles. The number of rotatable bonds is 6. The van der Waals surface area contributed by atoms with E-state index in [0.717, 1.165) is 5.56 Å². The Labute approximate surface area is 144 Å². The number of halogens is 1. The standard InChI is InChI=1S/C19H18FNO4/c20-15-5-2-6-17(10-15)25-11-12-3-1-4-13(7-12)18(22)21-16-8-14(9-16)19(23)24/h1-7,10,14,16H,8-9,11H2,(H,21,22)(H,23,24). The summed E-state index contributed by atoms with van der Waals surface area (Å²) in [6, 6.07) is 12.7. The Balaban J connectivity index is 1.56. The van der Waals surface area contributed by atoms with Crippen molar-refractivity contribution in [2.45, 2.75) is 25.5 Å². The third-order valence-corrected chi connectivity index (χ3v) is 4.21. The molecule has 1 amide bonds. The summed E-state index contributed by atoms with van der Waals surface area (Å²) in [4.78, 5) is 23.0. The molecule has 3 rings (SSSR count). The zero-order valence-electron chi connectivity index (χ0n) is 13.4. The fraction of sp³-hybridized carbons (Fsp3) is 0.263. The Morgan fingerprint density at radius 1 is 1.16 bits per heavy atom. The van der Waals surface area contributed by atoms with E-state index in [2.05, 4.69) is 5.32 Å². The third kappa shape index (κ3) is 4.35. The van der Waals surface area contributed by atoms with Gasteiger partial charge in [0, 0.05) is 17.7 Å². The van der Waals surface area contributed by atoms with Crippen LogP contribution in [0.3, 0.4) is 0 Å². The zero-order valence-corrected chi connectivity index (χ0v) is 13.4. The molecule has 0 aromatic heterocycles. The Morgan fingerprint density at radius 2 is 1.92 bits per heavy atom. The summed E-state index contributed by atoms with van der Waals surface area (Å²) in [6.07, 6.45) is 0.924. The van der Waals surface area contributed by atoms with Crippen LogP contribution in [-0.2, 0) is 11.4 Å². The summed E-state index contributed by atoms with van der Waals surface area (Å²) >= 11 is 0. The van der Waals surface area contributed by atoms with Crippen LogP contribution >= 0.6 is 0 Å². The SMILES string of the molecule is O=C(NC1CC(C(=O)O)C1)c1cccc(COc2cccc(F)c2)c1. The van der Waals surface area contributed by atoms with Crippen LogP contribution in [0.25, 0.3) is 0 Å². The molecule has 2 aromatic carbocycles. The van der Waals surface area contributed by atoms with Gasteiger partial charge in [-0.05, 0) is 42.7 Å². The van der Waals surface area contributed by atoms with E-state index in [9.17, 15) is 14.0 Å². The second kappa shape index (κ2) is 7.34. The maximum Gasteiger partial charge on any atom is 0.306 e. The fourth-order valence-electron chi connectivity index (χ4n) is 2.73. The van der Waals surface area contributed by atoms with Crippen LogP contribution in [0.1, 0.15) is 28.8 Å². The summed E-state index contributed by atoms with van der Waals surface area (Å²) in [5.74, 6) is -1.37. The Kier molecular flexibility index (Phi) is 4.97. The largest absolute Gasteiger partial charge is 0.489 e. The van der Waals surface area contributed by atoms with Crippen LogP contribution in [0.15, 0.2) is 48.5 Å². The molecule has 1 fully saturated rings. The van der Waals surface area contributed by atoms with Gasteiger partial charge in [-0.25, -0.2) is 4.39 Å². The van der Waals surface area contributed by atoms with E-state index in [1.807, 2.05) is 6.07 Å². The van der Waals surface area contributed by atoms with E-state index < -0.39 is 5.97 Å². The molecule has 0 unspecified atom stereocenters. The number of carbonyl (C=O) groups is 2. The monoisotopic (exact) mass is 343 g/mol. The maximum absolute atomic E-state index is 13.1. The number of aliphatic carboxylic acids is 1. The molecule has 0 bridgehead atoms. The van der Waals surface area contributed by atoms with Gasteiger partial charge in [0.05, 0.1) is 5.92 Å². The van der Waals surface area contributed by atoms with Gasteiger partial charge in [-0.3, -0.25) is 9.59 Å². The van der Waals surface area contributed by atoms with Crippen molar-refractivity contribution in [2.24, 2.45) is 5.92 Å². The third-order valence-electron chi connectivity index (χ3n) is 4.21. The molecule has 0 atom stereocenters. The molecule has 2 aromatic rings. The molecule has 0 aliphatic heterocycles. The Bertz CT molecular complexity index is 786. The van der Waals surface area contributed by atoms with Gasteiger partial charge in [0.15, 0.2) is 0 Å². The van der Waals surface area contributed by atoms with Gasteiger partial charge in [-0.1, -0.05) is 18.2 Å². The van der Waals surface area contributed by atoms with Gasteiger partial charge < -0.3 is 15.2 Å². The minimum Gasteiger partial charge on any atom is -0.489 e. The molecule has 1 aliphatic rings. The molecule has 130 valence electrons. The van der Waals surface area contributed by atoms with Crippen molar-refractivity contribution in [3.05, 3.63) is 65.5 Å². The van der Waals surface area contributed by atoms with Crippen LogP contribution < -0.4 is 10.1 Å². The van der Waals surface area contributed by atoms with Crippen LogP contribution in [-0.4, -0.2) is 23.0 Å². The zero-order chi connectivity index (χ0) is 17.8. The first-order valence-electron chi connectivity index (χ1n) is 8.02. The lowest BCUT2D eigenvalue weighted by Crippen LogP contribution is -2.46. The van der Waals surface area contributed by atoms with Gasteiger partial charge in [-0.2, -0.15) is 0 Å². The van der Waals surface area contributed by atoms with Crippen molar-refractivity contribution in [3.63, 3.8) is 0 Å². The average molecular weight is 343 g/mol. The van der Waals surface area contributed by atoms with Crippen molar-refractivity contribution in [1.29, 1.82) is 0 Å². The van der Waals surface area contributed by atoms with E-state index in [0.29, 0.717) is 24.2 Å². The number of ether oxygens (including phenoxy) is 1. The number of carboxylic acids is 1. The summed E-state index contributed by atoms with van der Waals surface area (Å²) in [5.41, 5.74) is 1.27. The highest BCUT2D eigenvalue weighted by molar-refractivity contribution is 5.94. The van der Waals surface area contributed by atoms with Crippen LogP contribution in [0.4, 0.5) is 4.39 Å². The van der Waals surface area contributed by atoms with E-state index in [1.54, 1.807) is 30.3 Å².